The topological polar surface area (TPSA) is 67.2 Å². The van der Waals surface area contributed by atoms with Crippen LogP contribution in [0.2, 0.25) is 0 Å². The third-order valence-corrected chi connectivity index (χ3v) is 2.26. The van der Waals surface area contributed by atoms with Crippen molar-refractivity contribution in [2.24, 2.45) is 0 Å². The van der Waals surface area contributed by atoms with Gasteiger partial charge in [-0.1, -0.05) is 5.16 Å². The van der Waals surface area contributed by atoms with E-state index in [0.717, 1.165) is 19.5 Å². The van der Waals surface area contributed by atoms with Crippen molar-refractivity contribution in [3.8, 4) is 0 Å². The first kappa shape index (κ1) is 9.21. The highest BCUT2D eigenvalue weighted by Gasteiger charge is 2.19. The molecule has 76 valence electrons. The van der Waals surface area contributed by atoms with Gasteiger partial charge in [-0.3, -0.25) is 4.79 Å². The Balaban J connectivity index is 1.95. The molecule has 2 heterocycles. The number of aromatic nitrogens is 1. The molecule has 1 atom stereocenters. The minimum Gasteiger partial charge on any atom is -0.361 e. The molecule has 1 aliphatic heterocycles. The number of hydrogen-bond donors (Lipinski definition) is 2. The van der Waals surface area contributed by atoms with Crippen LogP contribution in [0.25, 0.3) is 0 Å². The maximum Gasteiger partial charge on any atom is 0.273 e. The summed E-state index contributed by atoms with van der Waals surface area (Å²) in [6.07, 6.45) is 0.975. The summed E-state index contributed by atoms with van der Waals surface area (Å²) in [5.41, 5.74) is 0.356. The minimum absolute atomic E-state index is 0.157. The van der Waals surface area contributed by atoms with Gasteiger partial charge in [0.1, 0.15) is 5.76 Å². The lowest BCUT2D eigenvalue weighted by Crippen LogP contribution is -2.36. The normalized spacial score (nSPS) is 21.1. The first-order valence-corrected chi connectivity index (χ1v) is 4.70. The Bertz CT molecular complexity index is 329. The van der Waals surface area contributed by atoms with Crippen molar-refractivity contribution in [3.05, 3.63) is 17.5 Å². The van der Waals surface area contributed by atoms with Gasteiger partial charge in [0.25, 0.3) is 5.91 Å². The van der Waals surface area contributed by atoms with E-state index in [0.29, 0.717) is 11.5 Å². The Hall–Kier alpha value is -1.36. The van der Waals surface area contributed by atoms with Crippen LogP contribution >= 0.6 is 0 Å². The molecule has 1 aliphatic rings. The number of nitrogens with one attached hydrogen (secondary N) is 2. The molecule has 0 aromatic carbocycles. The summed E-state index contributed by atoms with van der Waals surface area (Å²) < 4.78 is 4.82. The lowest BCUT2D eigenvalue weighted by atomic mass is 10.2. The van der Waals surface area contributed by atoms with Crippen LogP contribution in [0.1, 0.15) is 22.7 Å². The van der Waals surface area contributed by atoms with E-state index in [1.165, 1.54) is 0 Å². The maximum atomic E-state index is 11.6. The highest BCUT2D eigenvalue weighted by Crippen LogP contribution is 2.03. The molecule has 5 heteroatoms. The van der Waals surface area contributed by atoms with Crippen molar-refractivity contribution in [1.29, 1.82) is 0 Å². The fourth-order valence-corrected chi connectivity index (χ4v) is 1.51. The molecule has 1 fully saturated rings. The molecule has 2 rings (SSSR count). The third-order valence-electron chi connectivity index (χ3n) is 2.26. The average Bonchev–Trinajstić information content (AvgIpc) is 2.75. The fraction of sp³-hybridized carbons (Fsp3) is 0.556. The average molecular weight is 195 g/mol. The van der Waals surface area contributed by atoms with E-state index >= 15 is 0 Å². The van der Waals surface area contributed by atoms with Crippen molar-refractivity contribution in [3.63, 3.8) is 0 Å². The number of amides is 1. The monoisotopic (exact) mass is 195 g/mol. The summed E-state index contributed by atoms with van der Waals surface area (Å²) in [7, 11) is 0. The van der Waals surface area contributed by atoms with Gasteiger partial charge in [0, 0.05) is 18.7 Å². The van der Waals surface area contributed by atoms with Gasteiger partial charge in [0.05, 0.1) is 0 Å². The van der Waals surface area contributed by atoms with Crippen LogP contribution in [-0.4, -0.2) is 30.2 Å². The summed E-state index contributed by atoms with van der Waals surface area (Å²) in [6.45, 7) is 3.56. The Kier molecular flexibility index (Phi) is 2.49. The minimum atomic E-state index is -0.157. The van der Waals surface area contributed by atoms with E-state index in [2.05, 4.69) is 15.8 Å². The molecule has 1 amide bonds. The second-order valence-corrected chi connectivity index (χ2v) is 3.49. The molecule has 0 unspecified atom stereocenters. The summed E-state index contributed by atoms with van der Waals surface area (Å²) >= 11 is 0. The Morgan fingerprint density at radius 2 is 2.64 bits per heavy atom. The second-order valence-electron chi connectivity index (χ2n) is 3.49. The summed E-state index contributed by atoms with van der Waals surface area (Å²) in [6, 6.07) is 1.86. The van der Waals surface area contributed by atoms with E-state index in [1.54, 1.807) is 13.0 Å². The summed E-state index contributed by atoms with van der Waals surface area (Å²) in [5, 5.41) is 9.71. The van der Waals surface area contributed by atoms with Crippen LogP contribution in [0.5, 0.6) is 0 Å². The lowest BCUT2D eigenvalue weighted by molar-refractivity contribution is 0.0931. The number of aryl methyl sites for hydroxylation is 1. The van der Waals surface area contributed by atoms with Gasteiger partial charge in [-0.05, 0) is 19.9 Å². The molecular weight excluding hydrogens is 182 g/mol. The molecule has 0 bridgehead atoms. The van der Waals surface area contributed by atoms with Crippen molar-refractivity contribution in [2.45, 2.75) is 19.4 Å². The third kappa shape index (κ3) is 1.93. The van der Waals surface area contributed by atoms with Gasteiger partial charge in [-0.15, -0.1) is 0 Å². The van der Waals surface area contributed by atoms with Crippen LogP contribution in [0.3, 0.4) is 0 Å². The molecule has 14 heavy (non-hydrogen) atoms. The second kappa shape index (κ2) is 3.79. The maximum absolute atomic E-state index is 11.6. The number of carbonyl (C=O) groups excluding carboxylic acids is 1. The Morgan fingerprint density at radius 3 is 3.21 bits per heavy atom. The molecule has 0 radical (unpaired) electrons. The zero-order chi connectivity index (χ0) is 9.97. The van der Waals surface area contributed by atoms with Crippen molar-refractivity contribution >= 4 is 5.91 Å². The smallest absolute Gasteiger partial charge is 0.273 e. The van der Waals surface area contributed by atoms with Gasteiger partial charge in [0.2, 0.25) is 0 Å². The molecule has 5 nitrogen and oxygen atoms in total. The quantitative estimate of drug-likeness (QED) is 0.701. The highest BCUT2D eigenvalue weighted by atomic mass is 16.5. The number of hydrogen-bond acceptors (Lipinski definition) is 4. The molecular formula is C9H13N3O2. The van der Waals surface area contributed by atoms with Gasteiger partial charge in [-0.25, -0.2) is 0 Å². The van der Waals surface area contributed by atoms with Crippen LogP contribution in [0.15, 0.2) is 10.6 Å². The van der Waals surface area contributed by atoms with Crippen LogP contribution in [-0.2, 0) is 0 Å². The molecule has 1 saturated heterocycles. The van der Waals surface area contributed by atoms with E-state index in [4.69, 9.17) is 4.52 Å². The molecule has 2 N–H and O–H groups in total. The predicted molar refractivity (Wildman–Crippen MR) is 50.0 cm³/mol. The SMILES string of the molecule is Cc1cc(C(=O)N[C@H]2CCNC2)no1. The zero-order valence-electron chi connectivity index (χ0n) is 8.04. The predicted octanol–water partition coefficient (Wildman–Crippen LogP) is 0.0747. The standard InChI is InChI=1S/C9H13N3O2/c1-6-4-8(12-14-6)9(13)11-7-2-3-10-5-7/h4,7,10H,2-3,5H2,1H3,(H,11,13)/t7-/m0/s1. The van der Waals surface area contributed by atoms with Crippen molar-refractivity contribution in [2.75, 3.05) is 13.1 Å². The molecule has 1 aromatic heterocycles. The molecule has 0 aliphatic carbocycles. The van der Waals surface area contributed by atoms with E-state index in [9.17, 15) is 4.79 Å². The van der Waals surface area contributed by atoms with Crippen LogP contribution in [0, 0.1) is 6.92 Å². The number of carbonyl (C=O) groups is 1. The van der Waals surface area contributed by atoms with Crippen LogP contribution < -0.4 is 10.6 Å². The Labute approximate surface area is 81.8 Å². The van der Waals surface area contributed by atoms with E-state index < -0.39 is 0 Å². The Morgan fingerprint density at radius 1 is 1.79 bits per heavy atom. The molecule has 0 saturated carbocycles. The first-order chi connectivity index (χ1) is 6.75. The van der Waals surface area contributed by atoms with Crippen LogP contribution in [0.4, 0.5) is 0 Å². The largest absolute Gasteiger partial charge is 0.361 e. The first-order valence-electron chi connectivity index (χ1n) is 4.70. The van der Waals surface area contributed by atoms with Gasteiger partial charge in [-0.2, -0.15) is 0 Å². The van der Waals surface area contributed by atoms with Crippen molar-refractivity contribution < 1.29 is 9.32 Å². The van der Waals surface area contributed by atoms with Crippen molar-refractivity contribution in [1.82, 2.24) is 15.8 Å². The molecule has 1 aromatic rings. The summed E-state index contributed by atoms with van der Waals surface area (Å²) in [4.78, 5) is 11.6. The zero-order valence-corrected chi connectivity index (χ0v) is 8.04. The summed E-state index contributed by atoms with van der Waals surface area (Å²) in [5.74, 6) is 0.496. The number of rotatable bonds is 2. The van der Waals surface area contributed by atoms with E-state index in [-0.39, 0.29) is 11.9 Å². The van der Waals surface area contributed by atoms with Gasteiger partial charge in [0.15, 0.2) is 5.69 Å². The highest BCUT2D eigenvalue weighted by molar-refractivity contribution is 5.92. The number of nitrogens with zero attached hydrogens (tertiary/aromatic N) is 1. The molecule has 0 spiro atoms. The van der Waals surface area contributed by atoms with Gasteiger partial charge < -0.3 is 15.2 Å². The van der Waals surface area contributed by atoms with Gasteiger partial charge >= 0.3 is 0 Å². The van der Waals surface area contributed by atoms with E-state index in [1.807, 2.05) is 0 Å². The lowest BCUT2D eigenvalue weighted by Gasteiger charge is -2.08. The fourth-order valence-electron chi connectivity index (χ4n) is 1.51.